The molecule has 190 valence electrons. The van der Waals surface area contributed by atoms with Crippen molar-refractivity contribution in [2.45, 2.75) is 18.6 Å². The van der Waals surface area contributed by atoms with Gasteiger partial charge in [0.2, 0.25) is 0 Å². The van der Waals surface area contributed by atoms with E-state index in [0.29, 0.717) is 22.7 Å². The van der Waals surface area contributed by atoms with Crippen LogP contribution in [-0.2, 0) is 14.3 Å². The number of benzene rings is 3. The first-order valence-electron chi connectivity index (χ1n) is 11.4. The molecule has 0 heterocycles. The normalized spacial score (nSPS) is 12.2. The van der Waals surface area contributed by atoms with Crippen molar-refractivity contribution in [2.24, 2.45) is 0 Å². The van der Waals surface area contributed by atoms with Crippen LogP contribution in [0.3, 0.4) is 0 Å². The summed E-state index contributed by atoms with van der Waals surface area (Å²) in [7, 11) is 0. The summed E-state index contributed by atoms with van der Waals surface area (Å²) in [4.78, 5) is 24.5. The minimum atomic E-state index is -0.851. The lowest BCUT2D eigenvalue weighted by molar-refractivity contribution is -0.141. The molecule has 0 aliphatic rings. The lowest BCUT2D eigenvalue weighted by Gasteiger charge is -2.28. The maximum Gasteiger partial charge on any atom is 0.412 e. The van der Waals surface area contributed by atoms with Gasteiger partial charge < -0.3 is 24.1 Å². The minimum Gasteiger partial charge on any atom is -0.491 e. The summed E-state index contributed by atoms with van der Waals surface area (Å²) in [5.74, 6) is 0.631. The average Bonchev–Trinajstić information content (AvgIpc) is 2.91. The zero-order valence-corrected chi connectivity index (χ0v) is 20.5. The van der Waals surface area contributed by atoms with Crippen molar-refractivity contribution < 1.29 is 33.6 Å². The van der Waals surface area contributed by atoms with Gasteiger partial charge in [0.25, 0.3) is 0 Å². The predicted molar refractivity (Wildman–Crippen MR) is 139 cm³/mol. The van der Waals surface area contributed by atoms with E-state index >= 15 is 0 Å². The van der Waals surface area contributed by atoms with Gasteiger partial charge in [-0.05, 0) is 42.0 Å². The summed E-state index contributed by atoms with van der Waals surface area (Å²) in [6, 6.07) is 25.0. The minimum absolute atomic E-state index is 0.0427. The van der Waals surface area contributed by atoms with E-state index < -0.39 is 24.3 Å². The van der Waals surface area contributed by atoms with Gasteiger partial charge >= 0.3 is 12.1 Å². The first-order valence-corrected chi connectivity index (χ1v) is 12.1. The Labute approximate surface area is 215 Å². The highest BCUT2D eigenvalue weighted by Crippen LogP contribution is 2.30. The van der Waals surface area contributed by atoms with E-state index in [2.05, 4.69) is 17.9 Å². The molecule has 1 amide bonds. The number of aliphatic hydroxyl groups excluding tert-OH is 1. The van der Waals surface area contributed by atoms with Crippen LogP contribution in [0.15, 0.2) is 84.9 Å². The monoisotopic (exact) mass is 511 g/mol. The van der Waals surface area contributed by atoms with E-state index in [1.54, 1.807) is 60.7 Å². The standard InChI is InChI=1S/C27H29NO7S/c29-16-18-32-22-13-11-20(12-14-22)26(35-27(31)28-21-7-3-1-4-8-21)24(15-17-33-25(30)19-36)34-23-9-5-2-6-10-23/h1-14,24,26,29,36H,15-19H2,(H,28,31)/t24-,26-/m0/s1. The topological polar surface area (TPSA) is 103 Å². The van der Waals surface area contributed by atoms with Crippen LogP contribution in [0.1, 0.15) is 18.1 Å². The molecule has 0 unspecified atom stereocenters. The second-order valence-corrected chi connectivity index (χ2v) is 7.91. The molecule has 0 fully saturated rings. The van der Waals surface area contributed by atoms with E-state index in [9.17, 15) is 9.59 Å². The van der Waals surface area contributed by atoms with E-state index in [1.165, 1.54) is 0 Å². The van der Waals surface area contributed by atoms with E-state index in [4.69, 9.17) is 24.1 Å². The molecule has 0 saturated carbocycles. The number of ether oxygens (including phenoxy) is 4. The average molecular weight is 512 g/mol. The van der Waals surface area contributed by atoms with Gasteiger partial charge in [0.15, 0.2) is 6.10 Å². The van der Waals surface area contributed by atoms with Crippen molar-refractivity contribution in [1.29, 1.82) is 0 Å². The molecule has 3 aromatic rings. The summed E-state index contributed by atoms with van der Waals surface area (Å²) in [6.07, 6.45) is -1.96. The van der Waals surface area contributed by atoms with Crippen molar-refractivity contribution in [3.05, 3.63) is 90.5 Å². The van der Waals surface area contributed by atoms with Crippen molar-refractivity contribution in [3.63, 3.8) is 0 Å². The van der Waals surface area contributed by atoms with Crippen molar-refractivity contribution >= 4 is 30.4 Å². The molecule has 0 aliphatic carbocycles. The second-order valence-electron chi connectivity index (χ2n) is 7.59. The Morgan fingerprint density at radius 1 is 0.861 bits per heavy atom. The molecule has 3 aromatic carbocycles. The maximum absolute atomic E-state index is 12.9. The molecule has 0 saturated heterocycles. The number of carbonyl (C=O) groups excluding carboxylic acids is 2. The number of esters is 1. The van der Waals surface area contributed by atoms with Gasteiger partial charge in [0, 0.05) is 12.1 Å². The van der Waals surface area contributed by atoms with Crippen LogP contribution in [0.25, 0.3) is 0 Å². The van der Waals surface area contributed by atoms with Crippen LogP contribution in [0.5, 0.6) is 11.5 Å². The van der Waals surface area contributed by atoms with Crippen LogP contribution < -0.4 is 14.8 Å². The molecule has 0 aliphatic heterocycles. The molecule has 8 nitrogen and oxygen atoms in total. The van der Waals surface area contributed by atoms with Crippen molar-refractivity contribution in [3.8, 4) is 11.5 Å². The third-order valence-corrected chi connectivity index (χ3v) is 5.24. The van der Waals surface area contributed by atoms with E-state index in [0.717, 1.165) is 0 Å². The zero-order valence-electron chi connectivity index (χ0n) is 19.6. The van der Waals surface area contributed by atoms with E-state index in [1.807, 2.05) is 24.3 Å². The quantitative estimate of drug-likeness (QED) is 0.227. The van der Waals surface area contributed by atoms with Gasteiger partial charge in [-0.2, -0.15) is 12.6 Å². The van der Waals surface area contributed by atoms with Gasteiger partial charge in [0.1, 0.15) is 24.2 Å². The largest absolute Gasteiger partial charge is 0.491 e. The first-order chi connectivity index (χ1) is 17.6. The Morgan fingerprint density at radius 3 is 2.17 bits per heavy atom. The second kappa shape index (κ2) is 14.7. The molecule has 2 atom stereocenters. The Balaban J connectivity index is 1.86. The third-order valence-electron chi connectivity index (χ3n) is 4.99. The highest BCUT2D eigenvalue weighted by Gasteiger charge is 2.30. The van der Waals surface area contributed by atoms with Crippen LogP contribution >= 0.6 is 12.6 Å². The number of rotatable bonds is 13. The fraction of sp³-hybridized carbons (Fsp3) is 0.259. The summed E-state index contributed by atoms with van der Waals surface area (Å²) in [5.41, 5.74) is 1.23. The molecule has 3 rings (SSSR count). The molecular formula is C27H29NO7S. The van der Waals surface area contributed by atoms with Crippen molar-refractivity contribution in [1.82, 2.24) is 0 Å². The number of carbonyl (C=O) groups is 2. The van der Waals surface area contributed by atoms with Crippen LogP contribution in [0.4, 0.5) is 10.5 Å². The number of anilines is 1. The van der Waals surface area contributed by atoms with E-state index in [-0.39, 0.29) is 32.0 Å². The fourth-order valence-corrected chi connectivity index (χ4v) is 3.43. The Kier molecular flexibility index (Phi) is 10.9. The number of nitrogens with one attached hydrogen (secondary N) is 1. The van der Waals surface area contributed by atoms with Gasteiger partial charge in [0.05, 0.1) is 19.0 Å². The SMILES string of the molecule is O=C(CS)OCC[C@H](Oc1ccccc1)[C@@H](OC(=O)Nc1ccccc1)c1ccc(OCCO)cc1. The molecule has 0 aromatic heterocycles. The molecule has 9 heteroatoms. The summed E-state index contributed by atoms with van der Waals surface area (Å²) in [5, 5.41) is 11.7. The van der Waals surface area contributed by atoms with Gasteiger partial charge in [-0.1, -0.05) is 48.5 Å². The first kappa shape index (κ1) is 26.9. The Hall–Kier alpha value is -3.69. The highest BCUT2D eigenvalue weighted by molar-refractivity contribution is 7.81. The predicted octanol–water partition coefficient (Wildman–Crippen LogP) is 4.66. The van der Waals surface area contributed by atoms with Gasteiger partial charge in [-0.15, -0.1) is 0 Å². The Bertz CT molecular complexity index is 1060. The lowest BCUT2D eigenvalue weighted by Crippen LogP contribution is -2.32. The van der Waals surface area contributed by atoms with Crippen LogP contribution in [-0.4, -0.2) is 48.8 Å². The summed E-state index contributed by atoms with van der Waals surface area (Å²) < 4.78 is 22.7. The van der Waals surface area contributed by atoms with Crippen LogP contribution in [0, 0.1) is 0 Å². The smallest absolute Gasteiger partial charge is 0.412 e. The van der Waals surface area contributed by atoms with Crippen molar-refractivity contribution in [2.75, 3.05) is 30.9 Å². The maximum atomic E-state index is 12.9. The van der Waals surface area contributed by atoms with Gasteiger partial charge in [-0.25, -0.2) is 4.79 Å². The van der Waals surface area contributed by atoms with Gasteiger partial charge in [-0.3, -0.25) is 10.1 Å². The molecule has 0 spiro atoms. The number of hydrogen-bond acceptors (Lipinski definition) is 8. The van der Waals surface area contributed by atoms with Crippen LogP contribution in [0.2, 0.25) is 0 Å². The Morgan fingerprint density at radius 2 is 1.53 bits per heavy atom. The lowest BCUT2D eigenvalue weighted by atomic mass is 10.0. The molecule has 36 heavy (non-hydrogen) atoms. The number of thiol groups is 1. The number of hydrogen-bond donors (Lipinski definition) is 3. The third kappa shape index (κ3) is 8.83. The molecule has 2 N–H and O–H groups in total. The number of aliphatic hydroxyl groups is 1. The summed E-state index contributed by atoms with van der Waals surface area (Å²) in [6.45, 7) is 0.106. The number of amides is 1. The fourth-order valence-electron chi connectivity index (χ4n) is 3.34. The molecule has 0 radical (unpaired) electrons. The zero-order chi connectivity index (χ0) is 25.6. The summed E-state index contributed by atoms with van der Waals surface area (Å²) >= 11 is 3.93. The number of para-hydroxylation sites is 2. The highest BCUT2D eigenvalue weighted by atomic mass is 32.1. The molecule has 0 bridgehead atoms. The molecular weight excluding hydrogens is 482 g/mol.